The van der Waals surface area contributed by atoms with Crippen molar-refractivity contribution in [1.82, 2.24) is 15.0 Å². The molecule has 0 amide bonds. The van der Waals surface area contributed by atoms with Crippen molar-refractivity contribution in [3.63, 3.8) is 0 Å². The Bertz CT molecular complexity index is 773. The first kappa shape index (κ1) is 11.0. The molecule has 0 N–H and O–H groups in total. The number of benzene rings is 1. The summed E-state index contributed by atoms with van der Waals surface area (Å²) in [5.74, 6) is 0. The van der Waals surface area contributed by atoms with Gasteiger partial charge in [-0.2, -0.15) is 0 Å². The minimum absolute atomic E-state index is 0.195. The molecule has 0 aliphatic heterocycles. The molecule has 0 spiro atoms. The average molecular weight is 243 g/mol. The third-order valence-electron chi connectivity index (χ3n) is 3.24. The maximum Gasteiger partial charge on any atom is 0.366 e. The number of hydrogen-bond donors (Lipinski definition) is 0. The minimum Gasteiger partial charge on any atom is -0.421 e. The van der Waals surface area contributed by atoms with Crippen molar-refractivity contribution in [2.24, 2.45) is 0 Å². The highest BCUT2D eigenvalue weighted by molar-refractivity contribution is 6.00. The smallest absolute Gasteiger partial charge is 0.366 e. The third-order valence-corrected chi connectivity index (χ3v) is 3.24. The van der Waals surface area contributed by atoms with Crippen molar-refractivity contribution in [2.45, 2.75) is 26.3 Å². The molecule has 1 aromatic carbocycles. The lowest BCUT2D eigenvalue weighted by molar-refractivity contribution is 0.478. The molecule has 5 nitrogen and oxygen atoms in total. The first-order valence-electron chi connectivity index (χ1n) is 5.99. The molecule has 18 heavy (non-hydrogen) atoms. The van der Waals surface area contributed by atoms with Crippen molar-refractivity contribution in [1.29, 1.82) is 0 Å². The molecule has 5 heteroatoms. The van der Waals surface area contributed by atoms with E-state index in [1.807, 2.05) is 18.2 Å². The molecule has 0 aliphatic carbocycles. The van der Waals surface area contributed by atoms with Gasteiger partial charge in [0.05, 0.1) is 6.04 Å². The van der Waals surface area contributed by atoms with Crippen LogP contribution in [-0.4, -0.2) is 15.0 Å². The molecule has 2 heterocycles. The number of fused-ring (bicyclic) bond motifs is 3. The Balaban J connectivity index is 2.51. The molecule has 0 aliphatic rings. The van der Waals surface area contributed by atoms with Gasteiger partial charge in [0.15, 0.2) is 5.52 Å². The zero-order valence-corrected chi connectivity index (χ0v) is 10.3. The van der Waals surface area contributed by atoms with Gasteiger partial charge in [0.2, 0.25) is 0 Å². The van der Waals surface area contributed by atoms with E-state index in [1.165, 1.54) is 0 Å². The van der Waals surface area contributed by atoms with Crippen molar-refractivity contribution in [2.75, 3.05) is 0 Å². The Kier molecular flexibility index (Phi) is 2.40. The molecular weight excluding hydrogens is 230 g/mol. The second-order valence-electron chi connectivity index (χ2n) is 4.37. The summed E-state index contributed by atoms with van der Waals surface area (Å²) in [6.45, 7) is 4.13. The van der Waals surface area contributed by atoms with Crippen molar-refractivity contribution < 1.29 is 4.42 Å². The highest BCUT2D eigenvalue weighted by Crippen LogP contribution is 2.24. The van der Waals surface area contributed by atoms with Crippen molar-refractivity contribution in [3.8, 4) is 0 Å². The number of rotatable bonds is 2. The number of para-hydroxylation sites is 1. The molecule has 92 valence electrons. The maximum absolute atomic E-state index is 11.8. The summed E-state index contributed by atoms with van der Waals surface area (Å²) in [5, 5.41) is 8.90. The van der Waals surface area contributed by atoms with Crippen LogP contribution in [0.4, 0.5) is 0 Å². The van der Waals surface area contributed by atoms with Gasteiger partial charge in [0, 0.05) is 5.39 Å². The monoisotopic (exact) mass is 243 g/mol. The lowest BCUT2D eigenvalue weighted by Crippen LogP contribution is -2.07. The van der Waals surface area contributed by atoms with E-state index >= 15 is 0 Å². The van der Waals surface area contributed by atoms with Crippen LogP contribution in [0.1, 0.15) is 26.3 Å². The van der Waals surface area contributed by atoms with Gasteiger partial charge in [-0.3, -0.25) is 0 Å². The van der Waals surface area contributed by atoms with Gasteiger partial charge in [0.1, 0.15) is 11.1 Å². The van der Waals surface area contributed by atoms with Gasteiger partial charge in [-0.25, -0.2) is 9.48 Å². The highest BCUT2D eigenvalue weighted by atomic mass is 16.4. The summed E-state index contributed by atoms with van der Waals surface area (Å²) in [6, 6.07) is 7.65. The van der Waals surface area contributed by atoms with Crippen LogP contribution in [0.3, 0.4) is 0 Å². The van der Waals surface area contributed by atoms with Gasteiger partial charge >= 0.3 is 5.63 Å². The largest absolute Gasteiger partial charge is 0.421 e. The van der Waals surface area contributed by atoms with Crippen LogP contribution >= 0.6 is 0 Å². The van der Waals surface area contributed by atoms with Gasteiger partial charge in [0.25, 0.3) is 0 Å². The van der Waals surface area contributed by atoms with Gasteiger partial charge in [-0.15, -0.1) is 5.10 Å². The first-order chi connectivity index (χ1) is 8.72. The summed E-state index contributed by atoms with van der Waals surface area (Å²) < 4.78 is 7.03. The van der Waals surface area contributed by atoms with Crippen LogP contribution in [0.2, 0.25) is 0 Å². The molecule has 0 unspecified atom stereocenters. The molecule has 3 aromatic rings. The topological polar surface area (TPSA) is 60.9 Å². The molecule has 0 saturated carbocycles. The van der Waals surface area contributed by atoms with E-state index in [-0.39, 0.29) is 6.04 Å². The summed E-state index contributed by atoms with van der Waals surface area (Å²) >= 11 is 0. The van der Waals surface area contributed by atoms with E-state index in [2.05, 4.69) is 24.2 Å². The van der Waals surface area contributed by atoms with E-state index in [4.69, 9.17) is 4.42 Å². The van der Waals surface area contributed by atoms with Crippen LogP contribution in [0.5, 0.6) is 0 Å². The summed E-state index contributed by atoms with van der Waals surface area (Å²) in [6.07, 6.45) is 0.924. The Morgan fingerprint density at radius 1 is 1.39 bits per heavy atom. The zero-order valence-electron chi connectivity index (χ0n) is 10.3. The average Bonchev–Trinajstić information content (AvgIpc) is 2.83. The molecule has 1 atom stereocenters. The Hall–Kier alpha value is -2.17. The maximum atomic E-state index is 11.8. The standard InChI is InChI=1S/C13H13N3O2/c1-3-8(2)16-12-9-6-4-5-7-10(9)18-13(17)11(12)14-15-16/h4-8H,3H2,1-2H3/t8-/m0/s1. The number of hydrogen-bond acceptors (Lipinski definition) is 4. The molecule has 0 radical (unpaired) electrons. The SMILES string of the molecule is CC[C@H](C)n1nnc2c(=O)oc3ccccc3c21. The van der Waals surface area contributed by atoms with E-state index in [0.29, 0.717) is 11.1 Å². The normalized spacial score (nSPS) is 13.2. The molecule has 3 rings (SSSR count). The summed E-state index contributed by atoms with van der Waals surface area (Å²) in [4.78, 5) is 11.8. The number of nitrogens with zero attached hydrogens (tertiary/aromatic N) is 3. The fourth-order valence-corrected chi connectivity index (χ4v) is 2.06. The Morgan fingerprint density at radius 2 is 2.17 bits per heavy atom. The summed E-state index contributed by atoms with van der Waals surface area (Å²) in [5.41, 5.74) is 1.20. The van der Waals surface area contributed by atoms with Crippen LogP contribution in [-0.2, 0) is 0 Å². The molecule has 2 aromatic heterocycles. The van der Waals surface area contributed by atoms with Crippen molar-refractivity contribution in [3.05, 3.63) is 34.7 Å². The molecule has 0 saturated heterocycles. The zero-order chi connectivity index (χ0) is 12.7. The van der Waals surface area contributed by atoms with E-state index < -0.39 is 5.63 Å². The predicted molar refractivity (Wildman–Crippen MR) is 68.6 cm³/mol. The van der Waals surface area contributed by atoms with Crippen LogP contribution in [0, 0.1) is 0 Å². The van der Waals surface area contributed by atoms with Gasteiger partial charge in [-0.1, -0.05) is 24.3 Å². The molecular formula is C13H13N3O2. The van der Waals surface area contributed by atoms with Gasteiger partial charge < -0.3 is 4.42 Å². The predicted octanol–water partition coefficient (Wildman–Crippen LogP) is 2.51. The second kappa shape index (κ2) is 3.94. The first-order valence-corrected chi connectivity index (χ1v) is 5.99. The van der Waals surface area contributed by atoms with Gasteiger partial charge in [-0.05, 0) is 25.5 Å². The van der Waals surface area contributed by atoms with Crippen LogP contribution < -0.4 is 5.63 Å². The minimum atomic E-state index is -0.432. The Morgan fingerprint density at radius 3 is 2.94 bits per heavy atom. The Labute approximate surface area is 103 Å². The molecule has 0 bridgehead atoms. The fourth-order valence-electron chi connectivity index (χ4n) is 2.06. The van der Waals surface area contributed by atoms with E-state index in [0.717, 1.165) is 17.3 Å². The van der Waals surface area contributed by atoms with Crippen LogP contribution in [0.25, 0.3) is 22.0 Å². The lowest BCUT2D eigenvalue weighted by Gasteiger charge is -2.09. The second-order valence-corrected chi connectivity index (χ2v) is 4.37. The quantitative estimate of drug-likeness (QED) is 0.649. The highest BCUT2D eigenvalue weighted by Gasteiger charge is 2.16. The van der Waals surface area contributed by atoms with Crippen LogP contribution in [0.15, 0.2) is 33.5 Å². The van der Waals surface area contributed by atoms with E-state index in [1.54, 1.807) is 10.7 Å². The summed E-state index contributed by atoms with van der Waals surface area (Å²) in [7, 11) is 0. The van der Waals surface area contributed by atoms with E-state index in [9.17, 15) is 4.79 Å². The van der Waals surface area contributed by atoms with Crippen molar-refractivity contribution >= 4 is 22.0 Å². The number of aromatic nitrogens is 3. The lowest BCUT2D eigenvalue weighted by atomic mass is 10.2. The third kappa shape index (κ3) is 1.44. The molecule has 0 fully saturated rings. The fraction of sp³-hybridized carbons (Fsp3) is 0.308.